The molecule has 35 heavy (non-hydrogen) atoms. The summed E-state index contributed by atoms with van der Waals surface area (Å²) in [5.41, 5.74) is 2.30. The van der Waals surface area contributed by atoms with Crippen LogP contribution in [0.2, 0.25) is 0 Å². The van der Waals surface area contributed by atoms with E-state index >= 15 is 0 Å². The van der Waals surface area contributed by atoms with Gasteiger partial charge in [0.2, 0.25) is 5.91 Å². The van der Waals surface area contributed by atoms with E-state index in [2.05, 4.69) is 10.6 Å². The third kappa shape index (κ3) is 8.25. The average Bonchev–Trinajstić information content (AvgIpc) is 2.84. The lowest BCUT2D eigenvalue weighted by Gasteiger charge is -2.08. The van der Waals surface area contributed by atoms with Crippen LogP contribution in [0.25, 0.3) is 6.08 Å². The molecule has 3 rings (SSSR count). The number of allylic oxidation sites excluding steroid dienone is 3. The van der Waals surface area contributed by atoms with Gasteiger partial charge in [-0.1, -0.05) is 48.5 Å². The molecule has 4 N–H and O–H groups in total. The predicted octanol–water partition coefficient (Wildman–Crippen LogP) is 5.45. The minimum atomic E-state index is -0.439. The summed E-state index contributed by atoms with van der Waals surface area (Å²) in [6, 6.07) is 22.8. The van der Waals surface area contributed by atoms with E-state index in [9.17, 15) is 19.8 Å². The summed E-state index contributed by atoms with van der Waals surface area (Å²) in [5, 5.41) is 25.9. The smallest absolute Gasteiger partial charge is 0.232 e. The first kappa shape index (κ1) is 24.9. The van der Waals surface area contributed by atoms with Gasteiger partial charge in [-0.3, -0.25) is 9.59 Å². The molecule has 0 saturated heterocycles. The molecule has 7 nitrogen and oxygen atoms in total. The summed E-state index contributed by atoms with van der Waals surface area (Å²) < 4.78 is 5.09. The van der Waals surface area contributed by atoms with Crippen molar-refractivity contribution in [2.24, 2.45) is 0 Å². The van der Waals surface area contributed by atoms with Crippen molar-refractivity contribution in [3.63, 3.8) is 0 Å². The zero-order chi connectivity index (χ0) is 25.0. The highest BCUT2D eigenvalue weighted by Gasteiger charge is 2.09. The first-order valence-electron chi connectivity index (χ1n) is 10.8. The van der Waals surface area contributed by atoms with Crippen molar-refractivity contribution in [3.05, 3.63) is 114 Å². The van der Waals surface area contributed by atoms with Crippen molar-refractivity contribution in [1.29, 1.82) is 0 Å². The number of aromatic hydroxyl groups is 1. The SMILES string of the molecule is COc1cc(/C=C/C(O)=C/C(=C/C(=O)CC(=O)Nc2ccccc2)Nc2ccccc2)ccc1O. The molecule has 3 aromatic carbocycles. The fraction of sp³-hybridized carbons (Fsp3) is 0.0714. The number of anilines is 2. The third-order valence-corrected chi connectivity index (χ3v) is 4.72. The van der Waals surface area contributed by atoms with Crippen LogP contribution in [0.5, 0.6) is 11.5 Å². The number of para-hydroxylation sites is 2. The number of hydrogen-bond donors (Lipinski definition) is 4. The Kier molecular flexibility index (Phi) is 8.85. The lowest BCUT2D eigenvalue weighted by atomic mass is 10.1. The van der Waals surface area contributed by atoms with Crippen molar-refractivity contribution in [2.75, 3.05) is 17.7 Å². The normalized spacial score (nSPS) is 11.8. The maximum Gasteiger partial charge on any atom is 0.232 e. The van der Waals surface area contributed by atoms with E-state index in [1.54, 1.807) is 42.5 Å². The van der Waals surface area contributed by atoms with Crippen molar-refractivity contribution in [2.45, 2.75) is 6.42 Å². The van der Waals surface area contributed by atoms with Crippen molar-refractivity contribution < 1.29 is 24.5 Å². The first-order valence-corrected chi connectivity index (χ1v) is 10.8. The predicted molar refractivity (Wildman–Crippen MR) is 137 cm³/mol. The summed E-state index contributed by atoms with van der Waals surface area (Å²) in [6.45, 7) is 0. The van der Waals surface area contributed by atoms with Gasteiger partial charge in [0, 0.05) is 29.2 Å². The number of carbonyl (C=O) groups is 2. The summed E-state index contributed by atoms with van der Waals surface area (Å²) in [4.78, 5) is 24.8. The Bertz CT molecular complexity index is 1250. The van der Waals surface area contributed by atoms with Crippen LogP contribution in [0.15, 0.2) is 109 Å². The molecule has 0 atom stereocenters. The Morgan fingerprint density at radius 2 is 1.51 bits per heavy atom. The highest BCUT2D eigenvalue weighted by molar-refractivity contribution is 6.08. The van der Waals surface area contributed by atoms with Crippen LogP contribution in [0, 0.1) is 0 Å². The number of methoxy groups -OCH3 is 1. The zero-order valence-corrected chi connectivity index (χ0v) is 19.1. The van der Waals surface area contributed by atoms with E-state index in [-0.39, 0.29) is 17.9 Å². The van der Waals surface area contributed by atoms with Gasteiger partial charge in [0.25, 0.3) is 0 Å². The quantitative estimate of drug-likeness (QED) is 0.136. The molecule has 178 valence electrons. The Balaban J connectivity index is 1.76. The Labute approximate surface area is 203 Å². The van der Waals surface area contributed by atoms with Crippen LogP contribution >= 0.6 is 0 Å². The standard InChI is InChI=1S/C28H26N2O5/c1-35-27-16-20(13-15-26(27)33)12-14-24(31)17-23(29-21-8-4-2-5-9-21)18-25(32)19-28(34)30-22-10-6-3-7-11-22/h2-18,29,31,33H,19H2,1H3,(H,30,34)/b14-12+,23-18-,24-17-. The van der Waals surface area contributed by atoms with Gasteiger partial charge in [0.05, 0.1) is 13.5 Å². The second-order valence-corrected chi connectivity index (χ2v) is 7.48. The molecule has 0 spiro atoms. The van der Waals surface area contributed by atoms with Gasteiger partial charge in [-0.2, -0.15) is 0 Å². The number of nitrogens with one attached hydrogen (secondary N) is 2. The molecule has 0 heterocycles. The second kappa shape index (κ2) is 12.5. The second-order valence-electron chi connectivity index (χ2n) is 7.48. The topological polar surface area (TPSA) is 108 Å². The van der Waals surface area contributed by atoms with Crippen molar-refractivity contribution >= 4 is 29.1 Å². The van der Waals surface area contributed by atoms with Crippen molar-refractivity contribution in [1.82, 2.24) is 0 Å². The van der Waals surface area contributed by atoms with Crippen LogP contribution in [0.4, 0.5) is 11.4 Å². The fourth-order valence-electron chi connectivity index (χ4n) is 3.10. The maximum absolute atomic E-state index is 12.6. The monoisotopic (exact) mass is 470 g/mol. The van der Waals surface area contributed by atoms with Crippen LogP contribution in [-0.2, 0) is 9.59 Å². The van der Waals surface area contributed by atoms with E-state index < -0.39 is 11.7 Å². The number of benzene rings is 3. The molecule has 0 bridgehead atoms. The number of carbonyl (C=O) groups excluding carboxylic acids is 2. The van der Waals surface area contributed by atoms with Crippen LogP contribution in [0.3, 0.4) is 0 Å². The number of aliphatic hydroxyl groups is 1. The number of aliphatic hydroxyl groups excluding tert-OH is 1. The number of phenolic OH excluding ortho intramolecular Hbond substituents is 1. The zero-order valence-electron chi connectivity index (χ0n) is 19.1. The largest absolute Gasteiger partial charge is 0.508 e. The van der Waals surface area contributed by atoms with Gasteiger partial charge in [-0.15, -0.1) is 0 Å². The lowest BCUT2D eigenvalue weighted by Crippen LogP contribution is -2.16. The molecular weight excluding hydrogens is 444 g/mol. The minimum absolute atomic E-state index is 0.0107. The summed E-state index contributed by atoms with van der Waals surface area (Å²) in [7, 11) is 1.45. The number of hydrogen-bond acceptors (Lipinski definition) is 6. The molecular formula is C28H26N2O5. The van der Waals surface area contributed by atoms with Crippen molar-refractivity contribution in [3.8, 4) is 11.5 Å². The van der Waals surface area contributed by atoms with Crippen LogP contribution < -0.4 is 15.4 Å². The summed E-state index contributed by atoms with van der Waals surface area (Å²) in [5.74, 6) is -0.690. The van der Waals surface area contributed by atoms with Gasteiger partial charge in [-0.25, -0.2) is 0 Å². The van der Waals surface area contributed by atoms with Gasteiger partial charge in [-0.05, 0) is 48.0 Å². The third-order valence-electron chi connectivity index (χ3n) is 4.72. The summed E-state index contributed by atoms with van der Waals surface area (Å²) >= 11 is 0. The minimum Gasteiger partial charge on any atom is -0.508 e. The van der Waals surface area contributed by atoms with Gasteiger partial charge in [0.15, 0.2) is 17.3 Å². The van der Waals surface area contributed by atoms with E-state index in [4.69, 9.17) is 4.74 Å². The Morgan fingerprint density at radius 3 is 2.14 bits per heavy atom. The van der Waals surface area contributed by atoms with E-state index in [1.165, 1.54) is 31.4 Å². The number of ether oxygens (including phenoxy) is 1. The molecule has 0 aliphatic heterocycles. The fourth-order valence-corrected chi connectivity index (χ4v) is 3.10. The molecule has 0 radical (unpaired) electrons. The summed E-state index contributed by atoms with van der Waals surface area (Å²) in [6.07, 6.45) is 5.37. The molecule has 1 amide bonds. The molecule has 7 heteroatoms. The molecule has 0 fully saturated rings. The Hall–Kier alpha value is -4.78. The van der Waals surface area contributed by atoms with E-state index in [0.29, 0.717) is 28.4 Å². The maximum atomic E-state index is 12.6. The van der Waals surface area contributed by atoms with E-state index in [1.807, 2.05) is 36.4 Å². The number of ketones is 1. The molecule has 0 aliphatic rings. The van der Waals surface area contributed by atoms with Crippen LogP contribution in [-0.4, -0.2) is 29.0 Å². The van der Waals surface area contributed by atoms with Gasteiger partial charge < -0.3 is 25.6 Å². The highest BCUT2D eigenvalue weighted by Crippen LogP contribution is 2.27. The number of amides is 1. The molecule has 0 aromatic heterocycles. The molecule has 0 aliphatic carbocycles. The average molecular weight is 471 g/mol. The van der Waals surface area contributed by atoms with Gasteiger partial charge >= 0.3 is 0 Å². The first-order chi connectivity index (χ1) is 16.9. The lowest BCUT2D eigenvalue weighted by molar-refractivity contribution is -0.122. The number of phenols is 1. The number of rotatable bonds is 10. The highest BCUT2D eigenvalue weighted by atomic mass is 16.5. The molecule has 3 aromatic rings. The van der Waals surface area contributed by atoms with Crippen LogP contribution in [0.1, 0.15) is 12.0 Å². The van der Waals surface area contributed by atoms with E-state index in [0.717, 1.165) is 0 Å². The Morgan fingerprint density at radius 1 is 0.886 bits per heavy atom. The molecule has 0 unspecified atom stereocenters. The molecule has 0 saturated carbocycles. The van der Waals surface area contributed by atoms with Gasteiger partial charge in [0.1, 0.15) is 5.76 Å².